The minimum Gasteiger partial charge on any atom is -0.477 e. The first-order chi connectivity index (χ1) is 8.63. The molecule has 0 aromatic carbocycles. The lowest BCUT2D eigenvalue weighted by Gasteiger charge is -2.05. The summed E-state index contributed by atoms with van der Waals surface area (Å²) in [6.45, 7) is 1.17. The van der Waals surface area contributed by atoms with Crippen LogP contribution in [-0.4, -0.2) is 35.6 Å². The molecule has 1 heterocycles. The van der Waals surface area contributed by atoms with Crippen molar-refractivity contribution in [3.8, 4) is 0 Å². The number of aromatic carboxylic acids is 1. The number of rotatable bonds is 7. The summed E-state index contributed by atoms with van der Waals surface area (Å²) in [5.74, 6) is -1.08. The fraction of sp³-hybridized carbons (Fsp3) is 0.417. The van der Waals surface area contributed by atoms with Gasteiger partial charge in [0.05, 0.1) is 0 Å². The van der Waals surface area contributed by atoms with E-state index in [1.165, 1.54) is 12.3 Å². The van der Waals surface area contributed by atoms with Gasteiger partial charge in [0.25, 0.3) is 0 Å². The van der Waals surface area contributed by atoms with E-state index in [4.69, 9.17) is 5.11 Å². The van der Waals surface area contributed by atoms with Gasteiger partial charge in [-0.15, -0.1) is 0 Å². The number of hydrogen-bond donors (Lipinski definition) is 3. The molecule has 1 aromatic rings. The van der Waals surface area contributed by atoms with Crippen molar-refractivity contribution in [1.29, 1.82) is 0 Å². The smallest absolute Gasteiger partial charge is 0.354 e. The van der Waals surface area contributed by atoms with E-state index in [9.17, 15) is 9.59 Å². The van der Waals surface area contributed by atoms with Gasteiger partial charge in [0.2, 0.25) is 5.91 Å². The molecule has 1 rings (SSSR count). The number of amides is 1. The molecule has 0 saturated carbocycles. The van der Waals surface area contributed by atoms with Gasteiger partial charge in [-0.2, -0.15) is 0 Å². The van der Waals surface area contributed by atoms with Crippen LogP contribution in [0.1, 0.15) is 28.9 Å². The number of carbonyl (C=O) groups is 2. The van der Waals surface area contributed by atoms with Crippen molar-refractivity contribution in [1.82, 2.24) is 15.6 Å². The summed E-state index contributed by atoms with van der Waals surface area (Å²) in [5.41, 5.74) is 0.779. The van der Waals surface area contributed by atoms with Gasteiger partial charge in [0, 0.05) is 19.2 Å². The highest BCUT2D eigenvalue weighted by Gasteiger charge is 2.04. The number of nitrogens with one attached hydrogen (secondary N) is 2. The van der Waals surface area contributed by atoms with Gasteiger partial charge in [0.15, 0.2) is 0 Å². The van der Waals surface area contributed by atoms with Crippen LogP contribution in [-0.2, 0) is 11.3 Å². The monoisotopic (exact) mass is 251 g/mol. The number of nitrogens with zero attached hydrogens (tertiary/aromatic N) is 1. The molecule has 98 valence electrons. The zero-order valence-corrected chi connectivity index (χ0v) is 10.3. The summed E-state index contributed by atoms with van der Waals surface area (Å²) >= 11 is 0. The summed E-state index contributed by atoms with van der Waals surface area (Å²) in [6.07, 6.45) is 2.72. The largest absolute Gasteiger partial charge is 0.477 e. The highest BCUT2D eigenvalue weighted by molar-refractivity contribution is 5.85. The van der Waals surface area contributed by atoms with E-state index in [-0.39, 0.29) is 11.6 Å². The molecule has 0 aliphatic carbocycles. The lowest BCUT2D eigenvalue weighted by molar-refractivity contribution is -0.121. The Kier molecular flexibility index (Phi) is 5.79. The third-order valence-electron chi connectivity index (χ3n) is 2.36. The van der Waals surface area contributed by atoms with E-state index in [1.54, 1.807) is 6.07 Å². The van der Waals surface area contributed by atoms with E-state index in [0.29, 0.717) is 13.0 Å². The van der Waals surface area contributed by atoms with Gasteiger partial charge in [-0.3, -0.25) is 4.79 Å². The molecule has 0 atom stereocenters. The summed E-state index contributed by atoms with van der Waals surface area (Å²) in [5, 5.41) is 14.4. The van der Waals surface area contributed by atoms with Crippen LogP contribution in [0, 0.1) is 0 Å². The van der Waals surface area contributed by atoms with E-state index in [0.717, 1.165) is 18.5 Å². The molecule has 6 heteroatoms. The maximum Gasteiger partial charge on any atom is 0.354 e. The molecule has 0 saturated heterocycles. The molecular formula is C12H17N3O3. The molecule has 6 nitrogen and oxygen atoms in total. The minimum absolute atomic E-state index is 0.000836. The van der Waals surface area contributed by atoms with Crippen molar-refractivity contribution in [3.63, 3.8) is 0 Å². The summed E-state index contributed by atoms with van der Waals surface area (Å²) in [6, 6.07) is 3.06. The second-order valence-corrected chi connectivity index (χ2v) is 3.84. The molecule has 18 heavy (non-hydrogen) atoms. The molecule has 0 unspecified atom stereocenters. The lowest BCUT2D eigenvalue weighted by Crippen LogP contribution is -2.23. The molecule has 0 spiro atoms. The fourth-order valence-electron chi connectivity index (χ4n) is 1.37. The average Bonchev–Trinajstić information content (AvgIpc) is 2.37. The van der Waals surface area contributed by atoms with Crippen LogP contribution < -0.4 is 10.6 Å². The number of hydrogen-bond acceptors (Lipinski definition) is 4. The van der Waals surface area contributed by atoms with Gasteiger partial charge >= 0.3 is 5.97 Å². The highest BCUT2D eigenvalue weighted by atomic mass is 16.4. The third kappa shape index (κ3) is 4.92. The Morgan fingerprint density at radius 3 is 2.72 bits per heavy atom. The van der Waals surface area contributed by atoms with Crippen LogP contribution in [0.15, 0.2) is 18.3 Å². The average molecular weight is 251 g/mol. The quantitative estimate of drug-likeness (QED) is 0.610. The Morgan fingerprint density at radius 1 is 1.39 bits per heavy atom. The van der Waals surface area contributed by atoms with E-state index in [1.807, 2.05) is 7.05 Å². The Labute approximate surface area is 105 Å². The van der Waals surface area contributed by atoms with Crippen molar-refractivity contribution in [2.24, 2.45) is 0 Å². The van der Waals surface area contributed by atoms with Crippen molar-refractivity contribution >= 4 is 11.9 Å². The van der Waals surface area contributed by atoms with E-state index >= 15 is 0 Å². The Balaban J connectivity index is 2.34. The van der Waals surface area contributed by atoms with Crippen molar-refractivity contribution in [2.45, 2.75) is 19.4 Å². The standard InChI is InChI=1S/C12H17N3O3/c1-13-6-2-3-11(16)15-8-9-4-5-10(12(17)18)14-7-9/h4-5,7,13H,2-3,6,8H2,1H3,(H,15,16)(H,17,18). The van der Waals surface area contributed by atoms with Gasteiger partial charge in [-0.25, -0.2) is 9.78 Å². The van der Waals surface area contributed by atoms with Crippen LogP contribution in [0.3, 0.4) is 0 Å². The van der Waals surface area contributed by atoms with Gasteiger partial charge in [0.1, 0.15) is 5.69 Å². The maximum atomic E-state index is 11.4. The number of aromatic nitrogens is 1. The summed E-state index contributed by atoms with van der Waals surface area (Å²) in [4.78, 5) is 25.8. The zero-order valence-electron chi connectivity index (χ0n) is 10.3. The van der Waals surface area contributed by atoms with Crippen LogP contribution in [0.2, 0.25) is 0 Å². The molecule has 0 aliphatic heterocycles. The number of pyridine rings is 1. The second kappa shape index (κ2) is 7.39. The van der Waals surface area contributed by atoms with Crippen LogP contribution >= 0.6 is 0 Å². The van der Waals surface area contributed by atoms with Crippen LogP contribution in [0.25, 0.3) is 0 Å². The molecule has 0 fully saturated rings. The molecule has 3 N–H and O–H groups in total. The number of carboxylic acid groups (broad SMARTS) is 1. The van der Waals surface area contributed by atoms with Crippen molar-refractivity contribution in [2.75, 3.05) is 13.6 Å². The lowest BCUT2D eigenvalue weighted by atomic mass is 10.2. The first-order valence-corrected chi connectivity index (χ1v) is 5.73. The molecule has 1 amide bonds. The Bertz CT molecular complexity index is 404. The van der Waals surface area contributed by atoms with Crippen LogP contribution in [0.5, 0.6) is 0 Å². The van der Waals surface area contributed by atoms with Gasteiger partial charge in [-0.1, -0.05) is 6.07 Å². The minimum atomic E-state index is -1.06. The molecule has 0 aliphatic rings. The first-order valence-electron chi connectivity index (χ1n) is 5.73. The van der Waals surface area contributed by atoms with E-state index in [2.05, 4.69) is 15.6 Å². The first kappa shape index (κ1) is 14.1. The zero-order chi connectivity index (χ0) is 13.4. The molecule has 0 radical (unpaired) electrons. The SMILES string of the molecule is CNCCCC(=O)NCc1ccc(C(=O)O)nc1. The Hall–Kier alpha value is -1.95. The predicted molar refractivity (Wildman–Crippen MR) is 66.2 cm³/mol. The second-order valence-electron chi connectivity index (χ2n) is 3.84. The van der Waals surface area contributed by atoms with Crippen molar-refractivity contribution < 1.29 is 14.7 Å². The summed E-state index contributed by atoms with van der Waals surface area (Å²) < 4.78 is 0. The normalized spacial score (nSPS) is 10.1. The summed E-state index contributed by atoms with van der Waals surface area (Å²) in [7, 11) is 1.84. The number of carboxylic acids is 1. The maximum absolute atomic E-state index is 11.4. The fourth-order valence-corrected chi connectivity index (χ4v) is 1.37. The number of carbonyl (C=O) groups excluding carboxylic acids is 1. The van der Waals surface area contributed by atoms with Crippen LogP contribution in [0.4, 0.5) is 0 Å². The van der Waals surface area contributed by atoms with E-state index < -0.39 is 5.97 Å². The molecular weight excluding hydrogens is 234 g/mol. The predicted octanol–water partition coefficient (Wildman–Crippen LogP) is 0.396. The Morgan fingerprint density at radius 2 is 2.17 bits per heavy atom. The topological polar surface area (TPSA) is 91.3 Å². The molecule has 0 bridgehead atoms. The third-order valence-corrected chi connectivity index (χ3v) is 2.36. The van der Waals surface area contributed by atoms with Crippen molar-refractivity contribution in [3.05, 3.63) is 29.6 Å². The molecule has 1 aromatic heterocycles. The van der Waals surface area contributed by atoms with Gasteiger partial charge < -0.3 is 15.7 Å². The highest BCUT2D eigenvalue weighted by Crippen LogP contribution is 2.00. The van der Waals surface area contributed by atoms with Gasteiger partial charge in [-0.05, 0) is 31.6 Å².